The van der Waals surface area contributed by atoms with Crippen LogP contribution in [0.3, 0.4) is 0 Å². The molecule has 2 aromatic rings. The standard InChI is InChI=1S/C14H17.C11H11Si.2ClH.Zr/c1-3-11(2)10-13-9-8-12-6-4-5-7-14(12)13;1-12(2)10-7-8-5-3-4-6-9(8)11(10)12;;;/h4-9,13H,3,10H2,1-2H3;3-7H,1-2H3;2*1H;/q;;;;+2/p-2. The first kappa shape index (κ1) is 23.3. The normalized spacial score (nSPS) is 23.7. The van der Waals surface area contributed by atoms with Crippen molar-refractivity contribution in [2.45, 2.75) is 52.4 Å². The fraction of sp³-hybridized carbons (Fsp3) is 0.360. The number of rotatable bonds is 5. The molecule has 3 atom stereocenters. The van der Waals surface area contributed by atoms with Crippen LogP contribution in [-0.2, 0) is 23.2 Å². The summed E-state index contributed by atoms with van der Waals surface area (Å²) in [4.78, 5) is 0. The van der Waals surface area contributed by atoms with E-state index in [2.05, 4.69) is 87.6 Å². The van der Waals surface area contributed by atoms with Crippen molar-refractivity contribution in [3.05, 3.63) is 82.1 Å². The van der Waals surface area contributed by atoms with E-state index in [4.69, 9.17) is 0 Å². The minimum absolute atomic E-state index is 0. The fourth-order valence-corrected chi connectivity index (χ4v) is 17.4. The van der Waals surface area contributed by atoms with E-state index in [1.54, 1.807) is 16.7 Å². The molecule has 1 heterocycles. The molecule has 3 aliphatic rings. The van der Waals surface area contributed by atoms with Gasteiger partial charge in [0.2, 0.25) is 0 Å². The molecule has 0 amide bonds. The number of benzene rings is 2. The van der Waals surface area contributed by atoms with Crippen molar-refractivity contribution in [2.24, 2.45) is 0 Å². The predicted molar refractivity (Wildman–Crippen MR) is 115 cm³/mol. The second-order valence-electron chi connectivity index (χ2n) is 9.29. The molecule has 29 heavy (non-hydrogen) atoms. The summed E-state index contributed by atoms with van der Waals surface area (Å²) in [5.74, 6) is 0.626. The molecule has 0 fully saturated rings. The molecule has 4 heteroatoms. The van der Waals surface area contributed by atoms with Crippen molar-refractivity contribution < 1.29 is 48.0 Å². The SMILES string of the molecule is CC[C](C)(CC1C=Cc2ccccc21)[Zr+2][CH]1C2=C(c3ccccc31)[Si]2(C)C.[Cl-].[Cl-]. The summed E-state index contributed by atoms with van der Waals surface area (Å²) in [6.07, 6.45) is 7.49. The molecule has 0 nitrogen and oxygen atoms in total. The van der Waals surface area contributed by atoms with E-state index in [0.29, 0.717) is 9.04 Å². The van der Waals surface area contributed by atoms with Crippen molar-refractivity contribution in [1.82, 2.24) is 0 Å². The van der Waals surface area contributed by atoms with Crippen LogP contribution in [0.25, 0.3) is 11.3 Å². The molecule has 0 spiro atoms. The van der Waals surface area contributed by atoms with Gasteiger partial charge in [0.1, 0.15) is 0 Å². The smallest absolute Gasteiger partial charge is 1.00 e. The molecule has 2 aliphatic carbocycles. The number of allylic oxidation sites excluding steroid dienone is 2. The van der Waals surface area contributed by atoms with Crippen LogP contribution in [0.2, 0.25) is 16.2 Å². The van der Waals surface area contributed by atoms with Gasteiger partial charge in [-0.1, -0.05) is 0 Å². The average Bonchev–Trinajstić information content (AvgIpc) is 2.97. The van der Waals surface area contributed by atoms with Gasteiger partial charge in [-0.05, 0) is 0 Å². The van der Waals surface area contributed by atoms with Gasteiger partial charge in [0.15, 0.2) is 0 Å². The molecule has 0 N–H and O–H groups in total. The van der Waals surface area contributed by atoms with E-state index in [1.807, 2.05) is 10.4 Å². The van der Waals surface area contributed by atoms with E-state index in [9.17, 15) is 0 Å². The number of hydrogen-bond acceptors (Lipinski definition) is 0. The Kier molecular flexibility index (Phi) is 6.63. The molecule has 0 radical (unpaired) electrons. The van der Waals surface area contributed by atoms with Crippen molar-refractivity contribution in [3.63, 3.8) is 0 Å². The summed E-state index contributed by atoms with van der Waals surface area (Å²) < 4.78 is 1.40. The van der Waals surface area contributed by atoms with Crippen molar-refractivity contribution in [3.8, 4) is 0 Å². The summed E-state index contributed by atoms with van der Waals surface area (Å²) >= 11 is -0.622. The molecule has 3 unspecified atom stereocenters. The molecule has 5 rings (SSSR count). The third kappa shape index (κ3) is 3.73. The topological polar surface area (TPSA) is 0 Å². The van der Waals surface area contributed by atoms with Gasteiger partial charge < -0.3 is 24.8 Å². The van der Waals surface area contributed by atoms with Crippen molar-refractivity contribution in [1.29, 1.82) is 0 Å². The van der Waals surface area contributed by atoms with Crippen molar-refractivity contribution in [2.75, 3.05) is 0 Å². The van der Waals surface area contributed by atoms with Crippen LogP contribution >= 0.6 is 0 Å². The van der Waals surface area contributed by atoms with E-state index >= 15 is 0 Å². The van der Waals surface area contributed by atoms with E-state index in [1.165, 1.54) is 18.4 Å². The Morgan fingerprint density at radius 3 is 2.34 bits per heavy atom. The average molecular weight is 519 g/mol. The first-order valence-corrected chi connectivity index (χ1v) is 16.0. The van der Waals surface area contributed by atoms with Crippen LogP contribution in [0.5, 0.6) is 0 Å². The first-order chi connectivity index (χ1) is 12.9. The zero-order valence-electron chi connectivity index (χ0n) is 17.6. The van der Waals surface area contributed by atoms with Gasteiger partial charge in [0, 0.05) is 0 Å². The number of fused-ring (bicyclic) bond motifs is 3. The number of hydrogen-bond donors (Lipinski definition) is 0. The van der Waals surface area contributed by atoms with Crippen LogP contribution in [0.1, 0.15) is 58.5 Å². The van der Waals surface area contributed by atoms with Crippen LogP contribution in [0.4, 0.5) is 0 Å². The molecular formula is C25H28Cl2SiZr. The third-order valence-electron chi connectivity index (χ3n) is 7.18. The molecular weight excluding hydrogens is 490 g/mol. The largest absolute Gasteiger partial charge is 1.00 e. The van der Waals surface area contributed by atoms with Gasteiger partial charge in [-0.15, -0.1) is 0 Å². The Bertz CT molecular complexity index is 994. The third-order valence-corrected chi connectivity index (χ3v) is 16.6. The Morgan fingerprint density at radius 1 is 0.966 bits per heavy atom. The fourth-order valence-electron chi connectivity index (χ4n) is 5.41. The maximum atomic E-state index is 2.62. The van der Waals surface area contributed by atoms with Crippen LogP contribution in [-0.4, -0.2) is 8.07 Å². The minimum Gasteiger partial charge on any atom is -1.00 e. The van der Waals surface area contributed by atoms with E-state index in [0.717, 1.165) is 3.63 Å². The summed E-state index contributed by atoms with van der Waals surface area (Å²) in [7, 11) is -1.17. The van der Waals surface area contributed by atoms with Gasteiger partial charge in [-0.25, -0.2) is 0 Å². The zero-order valence-corrected chi connectivity index (χ0v) is 22.6. The molecule has 150 valence electrons. The summed E-state index contributed by atoms with van der Waals surface area (Å²) in [5, 5.41) is 3.77. The monoisotopic (exact) mass is 516 g/mol. The zero-order chi connectivity index (χ0) is 18.8. The summed E-state index contributed by atoms with van der Waals surface area (Å²) in [6.45, 7) is 10.2. The molecule has 0 bridgehead atoms. The Hall–Kier alpha value is -0.400. The van der Waals surface area contributed by atoms with Gasteiger partial charge >= 0.3 is 177 Å². The second kappa shape index (κ2) is 8.27. The molecule has 0 saturated carbocycles. The predicted octanol–water partition coefficient (Wildman–Crippen LogP) is 1.18. The van der Waals surface area contributed by atoms with E-state index in [-0.39, 0.29) is 24.8 Å². The number of halogens is 2. The van der Waals surface area contributed by atoms with Gasteiger partial charge in [0.05, 0.1) is 0 Å². The molecule has 0 aromatic heterocycles. The van der Waals surface area contributed by atoms with E-state index < -0.39 is 31.3 Å². The Balaban J connectivity index is 0.00000120. The molecule has 0 saturated heterocycles. The summed E-state index contributed by atoms with van der Waals surface area (Å²) in [5.41, 5.74) is 6.34. The maximum Gasteiger partial charge on any atom is -1.00 e. The van der Waals surface area contributed by atoms with Crippen LogP contribution in [0, 0.1) is 0 Å². The van der Waals surface area contributed by atoms with Crippen LogP contribution < -0.4 is 24.8 Å². The van der Waals surface area contributed by atoms with Crippen molar-refractivity contribution >= 4 is 19.3 Å². The molecule has 2 aromatic carbocycles. The van der Waals surface area contributed by atoms with Crippen LogP contribution in [0.15, 0.2) is 59.8 Å². The minimum atomic E-state index is -1.17. The quantitative estimate of drug-likeness (QED) is 0.522. The van der Waals surface area contributed by atoms with Gasteiger partial charge in [-0.3, -0.25) is 0 Å². The maximum absolute atomic E-state index is 2.62. The van der Waals surface area contributed by atoms with Gasteiger partial charge in [-0.2, -0.15) is 0 Å². The molecule has 1 aliphatic heterocycles. The summed E-state index contributed by atoms with van der Waals surface area (Å²) in [6, 6.07) is 18.4. The Morgan fingerprint density at radius 2 is 1.62 bits per heavy atom. The first-order valence-electron chi connectivity index (χ1n) is 10.3. The second-order valence-corrected chi connectivity index (χ2v) is 18.7. The Labute approximate surface area is 200 Å². The van der Waals surface area contributed by atoms with Gasteiger partial charge in [0.25, 0.3) is 0 Å².